The highest BCUT2D eigenvalue weighted by Gasteiger charge is 2.41. The van der Waals surface area contributed by atoms with Crippen LogP contribution in [0.5, 0.6) is 0 Å². The number of benzene rings is 4. The molecule has 0 radical (unpaired) electrons. The van der Waals surface area contributed by atoms with Crippen LogP contribution in [0, 0.1) is 11.3 Å². The van der Waals surface area contributed by atoms with Gasteiger partial charge in [-0.25, -0.2) is 19.4 Å². The van der Waals surface area contributed by atoms with Crippen molar-refractivity contribution in [2.24, 2.45) is 0 Å². The first-order valence-corrected chi connectivity index (χ1v) is 13.3. The lowest BCUT2D eigenvalue weighted by Crippen LogP contribution is -2.38. The zero-order valence-electron chi connectivity index (χ0n) is 22.1. The minimum absolute atomic E-state index is 0.140. The number of aromatic nitrogens is 5. The van der Waals surface area contributed by atoms with Crippen LogP contribution in [0.15, 0.2) is 121 Å². The van der Waals surface area contributed by atoms with Gasteiger partial charge >= 0.3 is 5.97 Å². The number of carboxylic acids is 1. The summed E-state index contributed by atoms with van der Waals surface area (Å²) in [6.07, 6.45) is 1.64. The number of rotatable bonds is 6. The van der Waals surface area contributed by atoms with Gasteiger partial charge in [0, 0.05) is 17.1 Å². The molecule has 3 aromatic heterocycles. The fraction of sp³-hybridized carbons (Fsp3) is 0.0294. The van der Waals surface area contributed by atoms with E-state index in [2.05, 4.69) is 57.4 Å². The van der Waals surface area contributed by atoms with Gasteiger partial charge in [-0.15, -0.1) is 0 Å². The molecule has 0 saturated carbocycles. The molecule has 7 aromatic rings. The van der Waals surface area contributed by atoms with Crippen molar-refractivity contribution in [3.8, 4) is 17.3 Å². The second kappa shape index (κ2) is 9.84. The zero-order chi connectivity index (χ0) is 28.7. The Balaban J connectivity index is 1.66. The van der Waals surface area contributed by atoms with Crippen molar-refractivity contribution in [3.63, 3.8) is 0 Å². The van der Waals surface area contributed by atoms with Crippen molar-refractivity contribution < 1.29 is 9.90 Å². The van der Waals surface area contributed by atoms with Gasteiger partial charge in [-0.1, -0.05) is 91.0 Å². The summed E-state index contributed by atoms with van der Waals surface area (Å²) in [5.74, 6) is -1.28. The Morgan fingerprint density at radius 1 is 0.833 bits per heavy atom. The normalized spacial score (nSPS) is 11.5. The van der Waals surface area contributed by atoms with Gasteiger partial charge < -0.3 is 10.1 Å². The summed E-state index contributed by atoms with van der Waals surface area (Å²) in [4.78, 5) is 23.4. The maximum absolute atomic E-state index is 11.8. The molecule has 0 aliphatic heterocycles. The molecule has 0 atom stereocenters. The predicted molar refractivity (Wildman–Crippen MR) is 159 cm³/mol. The first kappa shape index (κ1) is 24.9. The van der Waals surface area contributed by atoms with Crippen LogP contribution in [0.25, 0.3) is 33.2 Å². The third-order valence-electron chi connectivity index (χ3n) is 7.53. The highest BCUT2D eigenvalue weighted by molar-refractivity contribution is 6.02. The summed E-state index contributed by atoms with van der Waals surface area (Å²) in [5.41, 5.74) is 5.57. The van der Waals surface area contributed by atoms with Crippen molar-refractivity contribution >= 4 is 27.9 Å². The summed E-state index contributed by atoms with van der Waals surface area (Å²) in [6.45, 7) is 0. The predicted octanol–water partition coefficient (Wildman–Crippen LogP) is 6.38. The maximum atomic E-state index is 11.8. The van der Waals surface area contributed by atoms with E-state index in [0.29, 0.717) is 28.0 Å². The van der Waals surface area contributed by atoms with E-state index >= 15 is 0 Å². The number of imidazole rings is 1. The van der Waals surface area contributed by atoms with E-state index in [1.165, 1.54) is 0 Å². The van der Waals surface area contributed by atoms with Gasteiger partial charge in [0.1, 0.15) is 23.0 Å². The van der Waals surface area contributed by atoms with E-state index in [4.69, 9.17) is 5.10 Å². The van der Waals surface area contributed by atoms with Crippen molar-refractivity contribution in [1.29, 1.82) is 5.26 Å². The van der Waals surface area contributed by atoms with Crippen LogP contribution in [0.1, 0.15) is 33.0 Å². The number of carboxylic acid groups (broad SMARTS) is 1. The number of nitriles is 1. The van der Waals surface area contributed by atoms with E-state index < -0.39 is 11.5 Å². The van der Waals surface area contributed by atoms with Gasteiger partial charge in [0.05, 0.1) is 16.6 Å². The Morgan fingerprint density at radius 2 is 1.43 bits per heavy atom. The van der Waals surface area contributed by atoms with E-state index in [0.717, 1.165) is 27.6 Å². The van der Waals surface area contributed by atoms with Gasteiger partial charge in [0.15, 0.2) is 0 Å². The second-order valence-electron chi connectivity index (χ2n) is 9.89. The fourth-order valence-corrected chi connectivity index (χ4v) is 5.69. The lowest BCUT2D eigenvalue weighted by Gasteiger charge is -2.37. The summed E-state index contributed by atoms with van der Waals surface area (Å²) >= 11 is 0. The minimum atomic E-state index is -1.14. The molecule has 7 rings (SSSR count). The Kier molecular flexibility index (Phi) is 5.84. The Hall–Kier alpha value is -6.07. The largest absolute Gasteiger partial charge is 0.475 e. The SMILES string of the molecule is N#Cc1ccc(-c2nn(C(c3ccccc3)(c3ccccc3)c3ccccc3)c3cc4[nH]c(C(=O)O)nc4cc23)cn1. The number of carbonyl (C=O) groups is 1. The topological polar surface area (TPSA) is 120 Å². The molecule has 3 heterocycles. The highest BCUT2D eigenvalue weighted by Crippen LogP contribution is 2.44. The number of hydrogen-bond donors (Lipinski definition) is 2. The smallest absolute Gasteiger partial charge is 0.371 e. The minimum Gasteiger partial charge on any atom is -0.475 e. The van der Waals surface area contributed by atoms with Crippen LogP contribution >= 0.6 is 0 Å². The van der Waals surface area contributed by atoms with Crippen LogP contribution in [-0.2, 0) is 5.54 Å². The molecule has 0 unspecified atom stereocenters. The Morgan fingerprint density at radius 3 is 1.93 bits per heavy atom. The van der Waals surface area contributed by atoms with Gasteiger partial charge in [0.2, 0.25) is 5.82 Å². The van der Waals surface area contributed by atoms with E-state index in [1.807, 2.05) is 77.5 Å². The standard InChI is InChI=1S/C34H22N6O2/c35-20-26-17-16-22(21-36-26)31-27-18-28-29(38-32(37-28)33(41)42)19-30(27)40(39-31)34(23-10-4-1-5-11-23,24-12-6-2-7-13-24)25-14-8-3-9-15-25/h1-19,21H,(H,37,38)(H,41,42). The summed E-state index contributed by atoms with van der Waals surface area (Å²) in [6, 6.07) is 39.9. The number of fused-ring (bicyclic) bond motifs is 2. The number of aromatic amines is 1. The van der Waals surface area contributed by atoms with E-state index in [9.17, 15) is 15.2 Å². The monoisotopic (exact) mass is 546 g/mol. The lowest BCUT2D eigenvalue weighted by molar-refractivity contribution is 0.0685. The number of nitrogens with one attached hydrogen (secondary N) is 1. The molecule has 2 N–H and O–H groups in total. The van der Waals surface area contributed by atoms with Crippen molar-refractivity contribution in [2.45, 2.75) is 5.54 Å². The number of H-pyrrole nitrogens is 1. The molecule has 8 nitrogen and oxygen atoms in total. The van der Waals surface area contributed by atoms with Gasteiger partial charge in [-0.2, -0.15) is 10.4 Å². The Bertz CT molecular complexity index is 2010. The van der Waals surface area contributed by atoms with Crippen LogP contribution in [0.2, 0.25) is 0 Å². The first-order chi connectivity index (χ1) is 20.6. The average molecular weight is 547 g/mol. The molecule has 0 bridgehead atoms. The van der Waals surface area contributed by atoms with Gasteiger partial charge in [0.25, 0.3) is 0 Å². The zero-order valence-corrected chi connectivity index (χ0v) is 22.1. The van der Waals surface area contributed by atoms with Crippen LogP contribution in [0.3, 0.4) is 0 Å². The molecule has 0 spiro atoms. The lowest BCUT2D eigenvalue weighted by atomic mass is 9.77. The van der Waals surface area contributed by atoms with Crippen molar-refractivity contribution in [2.75, 3.05) is 0 Å². The number of pyridine rings is 1. The second-order valence-corrected chi connectivity index (χ2v) is 9.89. The molecular weight excluding hydrogens is 524 g/mol. The van der Waals surface area contributed by atoms with Gasteiger partial charge in [-0.05, 0) is 41.0 Å². The molecule has 0 aliphatic carbocycles. The maximum Gasteiger partial charge on any atom is 0.371 e. The molecule has 4 aromatic carbocycles. The molecule has 0 saturated heterocycles. The van der Waals surface area contributed by atoms with Gasteiger partial charge in [-0.3, -0.25) is 0 Å². The molecule has 0 aliphatic rings. The molecular formula is C34H22N6O2. The number of aromatic carboxylic acids is 1. The fourth-order valence-electron chi connectivity index (χ4n) is 5.69. The number of nitrogens with zero attached hydrogens (tertiary/aromatic N) is 5. The van der Waals surface area contributed by atoms with E-state index in [-0.39, 0.29) is 5.82 Å². The van der Waals surface area contributed by atoms with E-state index in [1.54, 1.807) is 12.3 Å². The van der Waals surface area contributed by atoms with Crippen LogP contribution < -0.4 is 0 Å². The third kappa shape index (κ3) is 3.84. The summed E-state index contributed by atoms with van der Waals surface area (Å²) < 4.78 is 2.01. The van der Waals surface area contributed by atoms with Crippen LogP contribution in [0.4, 0.5) is 0 Å². The van der Waals surface area contributed by atoms with Crippen LogP contribution in [-0.4, -0.2) is 35.8 Å². The molecule has 200 valence electrons. The molecule has 42 heavy (non-hydrogen) atoms. The highest BCUT2D eigenvalue weighted by atomic mass is 16.4. The third-order valence-corrected chi connectivity index (χ3v) is 7.53. The first-order valence-electron chi connectivity index (χ1n) is 13.3. The average Bonchev–Trinajstić information content (AvgIpc) is 3.64. The summed E-state index contributed by atoms with van der Waals surface area (Å²) in [5, 5.41) is 25.1. The summed E-state index contributed by atoms with van der Waals surface area (Å²) in [7, 11) is 0. The Labute approximate surface area is 240 Å². The molecule has 8 heteroatoms. The molecule has 0 fully saturated rings. The van der Waals surface area contributed by atoms with Crippen molar-refractivity contribution in [3.05, 3.63) is 150 Å². The van der Waals surface area contributed by atoms with Crippen molar-refractivity contribution in [1.82, 2.24) is 24.7 Å². The number of hydrogen-bond acceptors (Lipinski definition) is 5. The quantitative estimate of drug-likeness (QED) is 0.233. The molecule has 0 amide bonds.